The molecule has 0 unspecified atom stereocenters. The Kier molecular flexibility index (Phi) is 4.76. The Bertz CT molecular complexity index is 776. The molecule has 0 radical (unpaired) electrons. The Morgan fingerprint density at radius 3 is 2.54 bits per heavy atom. The molecule has 1 saturated heterocycles. The predicted molar refractivity (Wildman–Crippen MR) is 90.1 cm³/mol. The van der Waals surface area contributed by atoms with Gasteiger partial charge in [-0.1, -0.05) is 24.3 Å². The highest BCUT2D eigenvalue weighted by Crippen LogP contribution is 2.21. The van der Waals surface area contributed by atoms with Crippen LogP contribution >= 0.6 is 0 Å². The van der Waals surface area contributed by atoms with Crippen LogP contribution in [0.1, 0.15) is 11.1 Å². The van der Waals surface area contributed by atoms with E-state index in [1.165, 1.54) is 12.1 Å². The lowest BCUT2D eigenvalue weighted by Crippen LogP contribution is -2.49. The van der Waals surface area contributed by atoms with Crippen LogP contribution in [-0.2, 0) is 11.2 Å². The molecule has 0 aromatic heterocycles. The SMILES string of the molecule is N#Cc1ccccc1N1CCN(C(=O)Cc2cccc(F)c2)CC1. The summed E-state index contributed by atoms with van der Waals surface area (Å²) in [6.07, 6.45) is 0.215. The maximum Gasteiger partial charge on any atom is 0.227 e. The van der Waals surface area contributed by atoms with Crippen molar-refractivity contribution < 1.29 is 9.18 Å². The maximum absolute atomic E-state index is 13.2. The average Bonchev–Trinajstić information content (AvgIpc) is 2.62. The van der Waals surface area contributed by atoms with Crippen LogP contribution in [0, 0.1) is 17.1 Å². The summed E-state index contributed by atoms with van der Waals surface area (Å²) in [6, 6.07) is 15.9. The predicted octanol–water partition coefficient (Wildman–Crippen LogP) is 2.59. The van der Waals surface area contributed by atoms with Gasteiger partial charge in [0.15, 0.2) is 0 Å². The van der Waals surface area contributed by atoms with Crippen molar-refractivity contribution in [2.45, 2.75) is 6.42 Å². The van der Waals surface area contributed by atoms with Crippen LogP contribution in [-0.4, -0.2) is 37.0 Å². The molecule has 0 N–H and O–H groups in total. The molecule has 2 aromatic carbocycles. The van der Waals surface area contributed by atoms with Gasteiger partial charge in [-0.15, -0.1) is 0 Å². The van der Waals surface area contributed by atoms with Gasteiger partial charge >= 0.3 is 0 Å². The zero-order valence-electron chi connectivity index (χ0n) is 13.3. The molecule has 0 bridgehead atoms. The summed E-state index contributed by atoms with van der Waals surface area (Å²) in [5, 5.41) is 9.20. The molecule has 24 heavy (non-hydrogen) atoms. The van der Waals surface area contributed by atoms with Gasteiger partial charge in [0.2, 0.25) is 5.91 Å². The third-order valence-electron chi connectivity index (χ3n) is 4.24. The number of para-hydroxylation sites is 1. The minimum atomic E-state index is -0.321. The quantitative estimate of drug-likeness (QED) is 0.872. The number of carbonyl (C=O) groups excluding carboxylic acids is 1. The van der Waals surface area contributed by atoms with E-state index in [2.05, 4.69) is 11.0 Å². The van der Waals surface area contributed by atoms with Crippen molar-refractivity contribution in [1.29, 1.82) is 5.26 Å². The molecule has 1 aliphatic rings. The van der Waals surface area contributed by atoms with Crippen LogP contribution in [0.25, 0.3) is 0 Å². The summed E-state index contributed by atoms with van der Waals surface area (Å²) in [5.74, 6) is -0.313. The minimum Gasteiger partial charge on any atom is -0.367 e. The first-order valence-electron chi connectivity index (χ1n) is 7.93. The Morgan fingerprint density at radius 2 is 1.83 bits per heavy atom. The second-order valence-corrected chi connectivity index (χ2v) is 5.80. The normalized spacial score (nSPS) is 14.3. The summed E-state index contributed by atoms with van der Waals surface area (Å²) in [7, 11) is 0. The smallest absolute Gasteiger partial charge is 0.227 e. The molecule has 5 heteroatoms. The van der Waals surface area contributed by atoms with Gasteiger partial charge in [0, 0.05) is 26.2 Å². The number of amides is 1. The van der Waals surface area contributed by atoms with Crippen molar-refractivity contribution in [2.75, 3.05) is 31.1 Å². The Morgan fingerprint density at radius 1 is 1.08 bits per heavy atom. The summed E-state index contributed by atoms with van der Waals surface area (Å²) < 4.78 is 13.2. The molecular weight excluding hydrogens is 305 g/mol. The lowest BCUT2D eigenvalue weighted by molar-refractivity contribution is -0.130. The number of benzene rings is 2. The van der Waals surface area contributed by atoms with E-state index in [1.807, 2.05) is 18.2 Å². The first-order valence-corrected chi connectivity index (χ1v) is 7.93. The van der Waals surface area contributed by atoms with Crippen LogP contribution < -0.4 is 4.90 Å². The van der Waals surface area contributed by atoms with E-state index in [0.29, 0.717) is 37.3 Å². The van der Waals surface area contributed by atoms with E-state index >= 15 is 0 Å². The Labute approximate surface area is 140 Å². The number of nitriles is 1. The molecular formula is C19H18FN3O. The number of anilines is 1. The molecule has 1 amide bonds. The second-order valence-electron chi connectivity index (χ2n) is 5.80. The minimum absolute atomic E-state index is 0.00817. The van der Waals surface area contributed by atoms with Gasteiger partial charge in [-0.3, -0.25) is 4.79 Å². The molecule has 1 fully saturated rings. The molecule has 1 aliphatic heterocycles. The molecule has 0 atom stereocenters. The fraction of sp³-hybridized carbons (Fsp3) is 0.263. The van der Waals surface area contributed by atoms with Gasteiger partial charge in [-0.05, 0) is 29.8 Å². The van der Waals surface area contributed by atoms with Crippen molar-refractivity contribution in [2.24, 2.45) is 0 Å². The first kappa shape index (κ1) is 16.0. The molecule has 1 heterocycles. The zero-order valence-corrected chi connectivity index (χ0v) is 13.3. The summed E-state index contributed by atoms with van der Waals surface area (Å²) in [6.45, 7) is 2.59. The molecule has 2 aromatic rings. The summed E-state index contributed by atoms with van der Waals surface area (Å²) >= 11 is 0. The molecule has 0 saturated carbocycles. The largest absolute Gasteiger partial charge is 0.367 e. The number of carbonyl (C=O) groups is 1. The van der Waals surface area contributed by atoms with E-state index in [-0.39, 0.29) is 18.1 Å². The lowest BCUT2D eigenvalue weighted by Gasteiger charge is -2.36. The van der Waals surface area contributed by atoms with Crippen molar-refractivity contribution in [3.05, 3.63) is 65.5 Å². The number of rotatable bonds is 3. The lowest BCUT2D eigenvalue weighted by atomic mass is 10.1. The van der Waals surface area contributed by atoms with Gasteiger partial charge in [0.25, 0.3) is 0 Å². The van der Waals surface area contributed by atoms with Gasteiger partial charge in [0.1, 0.15) is 11.9 Å². The van der Waals surface area contributed by atoms with Crippen molar-refractivity contribution in [3.8, 4) is 6.07 Å². The van der Waals surface area contributed by atoms with Gasteiger partial charge in [-0.25, -0.2) is 4.39 Å². The van der Waals surface area contributed by atoms with Crippen LogP contribution in [0.15, 0.2) is 48.5 Å². The van der Waals surface area contributed by atoms with Gasteiger partial charge in [-0.2, -0.15) is 5.26 Å². The number of piperazine rings is 1. The van der Waals surface area contributed by atoms with Gasteiger partial charge < -0.3 is 9.80 Å². The highest BCUT2D eigenvalue weighted by atomic mass is 19.1. The van der Waals surface area contributed by atoms with Gasteiger partial charge in [0.05, 0.1) is 17.7 Å². The fourth-order valence-corrected chi connectivity index (χ4v) is 2.97. The number of halogens is 1. The van der Waals surface area contributed by atoms with Crippen LogP contribution in [0.3, 0.4) is 0 Å². The second kappa shape index (κ2) is 7.14. The number of hydrogen-bond acceptors (Lipinski definition) is 3. The molecule has 0 spiro atoms. The summed E-state index contributed by atoms with van der Waals surface area (Å²) in [5.41, 5.74) is 2.26. The Balaban J connectivity index is 1.61. The summed E-state index contributed by atoms with van der Waals surface area (Å²) in [4.78, 5) is 16.3. The van der Waals surface area contributed by atoms with E-state index in [0.717, 1.165) is 5.69 Å². The number of nitrogens with zero attached hydrogens (tertiary/aromatic N) is 3. The fourth-order valence-electron chi connectivity index (χ4n) is 2.97. The first-order chi connectivity index (χ1) is 11.7. The van der Waals surface area contributed by atoms with Crippen LogP contribution in [0.5, 0.6) is 0 Å². The van der Waals surface area contributed by atoms with E-state index < -0.39 is 0 Å². The van der Waals surface area contributed by atoms with Crippen molar-refractivity contribution in [1.82, 2.24) is 4.90 Å². The highest BCUT2D eigenvalue weighted by Gasteiger charge is 2.22. The average molecular weight is 323 g/mol. The van der Waals surface area contributed by atoms with Crippen LogP contribution in [0.4, 0.5) is 10.1 Å². The van der Waals surface area contributed by atoms with E-state index in [1.54, 1.807) is 23.1 Å². The van der Waals surface area contributed by atoms with Crippen molar-refractivity contribution >= 4 is 11.6 Å². The topological polar surface area (TPSA) is 47.3 Å². The third-order valence-corrected chi connectivity index (χ3v) is 4.24. The maximum atomic E-state index is 13.2. The number of hydrogen-bond donors (Lipinski definition) is 0. The highest BCUT2D eigenvalue weighted by molar-refractivity contribution is 5.79. The molecule has 122 valence electrons. The van der Waals surface area contributed by atoms with Crippen molar-refractivity contribution in [3.63, 3.8) is 0 Å². The standard InChI is InChI=1S/C19H18FN3O/c20-17-6-3-4-15(12-17)13-19(24)23-10-8-22(9-11-23)18-7-2-1-5-16(18)14-21/h1-7,12H,8-11,13H2. The Hall–Kier alpha value is -2.87. The van der Waals surface area contributed by atoms with Crippen LogP contribution in [0.2, 0.25) is 0 Å². The monoisotopic (exact) mass is 323 g/mol. The molecule has 4 nitrogen and oxygen atoms in total. The molecule has 3 rings (SSSR count). The third kappa shape index (κ3) is 3.54. The van der Waals surface area contributed by atoms with E-state index in [9.17, 15) is 14.4 Å². The zero-order chi connectivity index (χ0) is 16.9. The van der Waals surface area contributed by atoms with E-state index in [4.69, 9.17) is 0 Å². The molecule has 0 aliphatic carbocycles.